The van der Waals surface area contributed by atoms with Gasteiger partial charge in [0, 0.05) is 23.0 Å². The molecule has 6 nitrogen and oxygen atoms in total. The predicted octanol–water partition coefficient (Wildman–Crippen LogP) is 4.11. The second-order valence-electron chi connectivity index (χ2n) is 7.83. The third kappa shape index (κ3) is 4.22. The number of nitrogens with one attached hydrogen (secondary N) is 2. The minimum absolute atomic E-state index is 0.0251. The van der Waals surface area contributed by atoms with Gasteiger partial charge in [0.25, 0.3) is 5.91 Å². The zero-order chi connectivity index (χ0) is 23.0. The van der Waals surface area contributed by atoms with Crippen LogP contribution in [0, 0.1) is 5.82 Å². The number of carbonyl (C=O) groups is 1. The first-order valence-corrected chi connectivity index (χ1v) is 10.1. The molecule has 1 aliphatic heterocycles. The van der Waals surface area contributed by atoms with Crippen molar-refractivity contribution >= 4 is 22.6 Å². The Balaban J connectivity index is 1.85. The van der Waals surface area contributed by atoms with Crippen LogP contribution >= 0.6 is 0 Å². The Labute approximate surface area is 181 Å². The molecule has 2 atom stereocenters. The maximum Gasteiger partial charge on any atom is 0.416 e. The van der Waals surface area contributed by atoms with E-state index >= 15 is 0 Å². The van der Waals surface area contributed by atoms with Gasteiger partial charge in [-0.3, -0.25) is 4.79 Å². The summed E-state index contributed by atoms with van der Waals surface area (Å²) in [7, 11) is 0. The van der Waals surface area contributed by atoms with Gasteiger partial charge in [-0.05, 0) is 56.1 Å². The number of rotatable bonds is 4. The van der Waals surface area contributed by atoms with Crippen molar-refractivity contribution in [1.82, 2.24) is 15.3 Å². The lowest BCUT2D eigenvalue weighted by Gasteiger charge is -2.31. The van der Waals surface area contributed by atoms with E-state index in [1.807, 2.05) is 6.92 Å². The zero-order valence-electron chi connectivity index (χ0n) is 17.1. The number of benzene rings is 2. The number of amides is 1. The van der Waals surface area contributed by atoms with Crippen LogP contribution in [0.1, 0.15) is 35.7 Å². The molecule has 0 aliphatic carbocycles. The van der Waals surface area contributed by atoms with Crippen LogP contribution in [0.3, 0.4) is 0 Å². The molecule has 168 valence electrons. The van der Waals surface area contributed by atoms with Crippen LogP contribution in [-0.4, -0.2) is 34.5 Å². The van der Waals surface area contributed by atoms with Crippen LogP contribution in [0.4, 0.5) is 23.4 Å². The summed E-state index contributed by atoms with van der Waals surface area (Å²) >= 11 is 0. The number of primary amides is 1. The molecule has 0 radical (unpaired) electrons. The van der Waals surface area contributed by atoms with Gasteiger partial charge in [0.05, 0.1) is 16.6 Å². The average molecular weight is 447 g/mol. The van der Waals surface area contributed by atoms with Gasteiger partial charge in [0.2, 0.25) is 0 Å². The highest BCUT2D eigenvalue weighted by Gasteiger charge is 2.31. The number of nitrogens with two attached hydrogens (primary N) is 1. The third-order valence-electron chi connectivity index (χ3n) is 5.70. The second kappa shape index (κ2) is 8.34. The lowest BCUT2D eigenvalue weighted by atomic mass is 9.97. The van der Waals surface area contributed by atoms with E-state index in [2.05, 4.69) is 20.6 Å². The maximum atomic E-state index is 14.7. The number of hydrogen-bond donors (Lipinski definition) is 3. The molecule has 2 unspecified atom stereocenters. The quantitative estimate of drug-likeness (QED) is 0.524. The first kappa shape index (κ1) is 21.9. The Kier molecular flexibility index (Phi) is 5.72. The Morgan fingerprint density at radius 3 is 2.66 bits per heavy atom. The number of alkyl halides is 3. The number of fused-ring (bicyclic) bond motifs is 1. The van der Waals surface area contributed by atoms with Crippen molar-refractivity contribution in [3.8, 4) is 11.1 Å². The number of hydrogen-bond acceptors (Lipinski definition) is 5. The highest BCUT2D eigenvalue weighted by atomic mass is 19.4. The maximum absolute atomic E-state index is 14.7. The van der Waals surface area contributed by atoms with Crippen LogP contribution in [0.5, 0.6) is 0 Å². The highest BCUT2D eigenvalue weighted by Crippen LogP contribution is 2.35. The van der Waals surface area contributed by atoms with E-state index in [1.165, 1.54) is 12.4 Å². The minimum atomic E-state index is -4.67. The summed E-state index contributed by atoms with van der Waals surface area (Å²) < 4.78 is 53.4. The van der Waals surface area contributed by atoms with Crippen molar-refractivity contribution < 1.29 is 22.4 Å². The van der Waals surface area contributed by atoms with Crippen LogP contribution in [0.15, 0.2) is 36.7 Å². The Morgan fingerprint density at radius 2 is 2.00 bits per heavy atom. The van der Waals surface area contributed by atoms with Gasteiger partial charge < -0.3 is 16.4 Å². The first-order valence-electron chi connectivity index (χ1n) is 10.1. The Hall–Kier alpha value is -3.27. The number of piperidine rings is 1. The summed E-state index contributed by atoms with van der Waals surface area (Å²) in [6.07, 6.45) is -1.50. The van der Waals surface area contributed by atoms with Crippen LogP contribution in [0.25, 0.3) is 22.0 Å². The van der Waals surface area contributed by atoms with E-state index in [1.54, 1.807) is 6.07 Å². The molecule has 10 heteroatoms. The number of aromatic nitrogens is 2. The van der Waals surface area contributed by atoms with E-state index < -0.39 is 23.5 Å². The van der Waals surface area contributed by atoms with E-state index in [0.29, 0.717) is 17.3 Å². The van der Waals surface area contributed by atoms with Gasteiger partial charge in [-0.2, -0.15) is 13.2 Å². The second-order valence-corrected chi connectivity index (χ2v) is 7.83. The first-order chi connectivity index (χ1) is 15.1. The van der Waals surface area contributed by atoms with Crippen molar-refractivity contribution in [2.24, 2.45) is 5.73 Å². The van der Waals surface area contributed by atoms with Crippen molar-refractivity contribution in [2.75, 3.05) is 11.9 Å². The largest absolute Gasteiger partial charge is 0.416 e. The number of halogens is 4. The smallest absolute Gasteiger partial charge is 0.366 e. The van der Waals surface area contributed by atoms with Crippen molar-refractivity contribution in [1.29, 1.82) is 0 Å². The van der Waals surface area contributed by atoms with Gasteiger partial charge in [-0.25, -0.2) is 14.4 Å². The van der Waals surface area contributed by atoms with Crippen LogP contribution < -0.4 is 16.4 Å². The summed E-state index contributed by atoms with van der Waals surface area (Å²) in [5.74, 6) is -1.42. The van der Waals surface area contributed by atoms with Gasteiger partial charge in [-0.1, -0.05) is 6.07 Å². The van der Waals surface area contributed by atoms with Crippen LogP contribution in [-0.2, 0) is 6.18 Å². The van der Waals surface area contributed by atoms with E-state index in [0.717, 1.165) is 31.5 Å². The standard InChI is InChI=1S/C22H21F4N5O/c1-11-18(3-2-6-28-11)31-21-16-8-12(7-15(20(27)32)19(16)29-10-30-21)14-5-4-13(9-17(14)23)22(24,25)26/h4-5,7-11,18,28H,2-3,6H2,1H3,(H2,27,32)(H,29,30,31). The summed E-state index contributed by atoms with van der Waals surface area (Å²) in [6.45, 7) is 2.95. The predicted molar refractivity (Wildman–Crippen MR) is 113 cm³/mol. The Bertz CT molecular complexity index is 1180. The average Bonchev–Trinajstić information content (AvgIpc) is 2.74. The molecule has 1 amide bonds. The van der Waals surface area contributed by atoms with Crippen molar-refractivity contribution in [3.63, 3.8) is 0 Å². The third-order valence-corrected chi connectivity index (χ3v) is 5.70. The molecular formula is C22H21F4N5O. The van der Waals surface area contributed by atoms with Gasteiger partial charge in [0.15, 0.2) is 0 Å². The molecule has 2 heterocycles. The van der Waals surface area contributed by atoms with Gasteiger partial charge in [0.1, 0.15) is 18.0 Å². The SMILES string of the molecule is CC1NCCCC1Nc1ncnc2c(C(N)=O)cc(-c3ccc(C(F)(F)F)cc3F)cc12. The summed E-state index contributed by atoms with van der Waals surface area (Å²) in [5, 5.41) is 7.15. The van der Waals surface area contributed by atoms with Gasteiger partial charge in [-0.15, -0.1) is 0 Å². The number of anilines is 1. The fraction of sp³-hybridized carbons (Fsp3) is 0.318. The van der Waals surface area contributed by atoms with E-state index in [4.69, 9.17) is 5.73 Å². The number of nitrogens with zero attached hydrogens (tertiary/aromatic N) is 2. The fourth-order valence-electron chi connectivity index (χ4n) is 3.97. The molecular weight excluding hydrogens is 426 g/mol. The normalized spacial score (nSPS) is 19.2. The molecule has 3 aromatic rings. The molecule has 0 bridgehead atoms. The molecule has 2 aromatic carbocycles. The van der Waals surface area contributed by atoms with Gasteiger partial charge >= 0.3 is 6.18 Å². The molecule has 0 saturated carbocycles. The topological polar surface area (TPSA) is 92.9 Å². The molecule has 1 aromatic heterocycles. The zero-order valence-corrected chi connectivity index (χ0v) is 17.1. The number of carbonyl (C=O) groups excluding carboxylic acids is 1. The summed E-state index contributed by atoms with van der Waals surface area (Å²) in [6, 6.07) is 5.37. The lowest BCUT2D eigenvalue weighted by Crippen LogP contribution is -2.46. The van der Waals surface area contributed by atoms with Crippen molar-refractivity contribution in [2.45, 2.75) is 38.0 Å². The molecule has 1 saturated heterocycles. The molecule has 32 heavy (non-hydrogen) atoms. The molecule has 0 spiro atoms. The van der Waals surface area contributed by atoms with Crippen LogP contribution in [0.2, 0.25) is 0 Å². The van der Waals surface area contributed by atoms with Crippen molar-refractivity contribution in [3.05, 3.63) is 53.6 Å². The Morgan fingerprint density at radius 1 is 1.22 bits per heavy atom. The van der Waals surface area contributed by atoms with E-state index in [9.17, 15) is 22.4 Å². The van der Waals surface area contributed by atoms with E-state index in [-0.39, 0.29) is 34.3 Å². The molecule has 4 N–H and O–H groups in total. The highest BCUT2D eigenvalue weighted by molar-refractivity contribution is 6.08. The minimum Gasteiger partial charge on any atom is -0.366 e. The lowest BCUT2D eigenvalue weighted by molar-refractivity contribution is -0.137. The molecule has 4 rings (SSSR count). The summed E-state index contributed by atoms with van der Waals surface area (Å²) in [5.41, 5.74) is 4.84. The summed E-state index contributed by atoms with van der Waals surface area (Å²) in [4.78, 5) is 20.6. The molecule has 1 aliphatic rings. The molecule has 1 fully saturated rings. The monoisotopic (exact) mass is 447 g/mol. The fourth-order valence-corrected chi connectivity index (χ4v) is 3.97.